The number of amides is 3. The van der Waals surface area contributed by atoms with Gasteiger partial charge in [0.15, 0.2) is 0 Å². The molecule has 204 valence electrons. The van der Waals surface area contributed by atoms with Crippen molar-refractivity contribution in [2.45, 2.75) is 25.7 Å². The van der Waals surface area contributed by atoms with E-state index in [1.807, 2.05) is 0 Å². The number of benzene rings is 2. The van der Waals surface area contributed by atoms with Crippen molar-refractivity contribution in [3.63, 3.8) is 0 Å². The first-order valence-corrected chi connectivity index (χ1v) is 11.9. The number of hydrogen-bond acceptors (Lipinski definition) is 9. The number of ether oxygens (including phenoxy) is 3. The molecule has 2 aromatic rings. The lowest BCUT2D eigenvalue weighted by atomic mass is 10.2. The fourth-order valence-electron chi connectivity index (χ4n) is 3.63. The Balaban J connectivity index is 1.31. The second-order valence-electron chi connectivity index (χ2n) is 8.45. The number of piperazine rings is 1. The Labute approximate surface area is 219 Å². The molecule has 2 aromatic carbocycles. The third kappa shape index (κ3) is 8.34. The Morgan fingerprint density at radius 3 is 2.08 bits per heavy atom. The summed E-state index contributed by atoms with van der Waals surface area (Å²) < 4.78 is 15.5. The maximum atomic E-state index is 12.5. The van der Waals surface area contributed by atoms with Crippen LogP contribution in [0.1, 0.15) is 17.5 Å². The van der Waals surface area contributed by atoms with E-state index in [0.29, 0.717) is 11.3 Å². The van der Waals surface area contributed by atoms with Gasteiger partial charge in [-0.3, -0.25) is 14.9 Å². The van der Waals surface area contributed by atoms with E-state index in [1.54, 1.807) is 31.4 Å². The van der Waals surface area contributed by atoms with Gasteiger partial charge in [-0.05, 0) is 41.8 Å². The number of nitro groups is 1. The number of carbonyl (C=O) groups is 3. The van der Waals surface area contributed by atoms with Crippen molar-refractivity contribution in [2.75, 3.05) is 39.8 Å². The summed E-state index contributed by atoms with van der Waals surface area (Å²) in [4.78, 5) is 49.8. The smallest absolute Gasteiger partial charge is 0.410 e. The Kier molecular flexibility index (Phi) is 10.2. The van der Waals surface area contributed by atoms with Gasteiger partial charge in [0.1, 0.15) is 25.1 Å². The van der Waals surface area contributed by atoms with Crippen LogP contribution in [-0.4, -0.2) is 83.9 Å². The van der Waals surface area contributed by atoms with Gasteiger partial charge in [-0.15, -0.1) is 0 Å². The minimum Gasteiger partial charge on any atom is -0.497 e. The van der Waals surface area contributed by atoms with Crippen LogP contribution in [0.3, 0.4) is 0 Å². The van der Waals surface area contributed by atoms with E-state index >= 15 is 0 Å². The van der Waals surface area contributed by atoms with Crippen LogP contribution in [0.2, 0.25) is 0 Å². The second kappa shape index (κ2) is 13.8. The standard InChI is InChI=1S/C25H30N4O9/c1-36-21-8-4-19(5-9-21)17-38-25(33)28-14-12-27(13-15-28)23(31)22(30)10-11-26-24(32)37-16-18-2-6-20(7-3-18)29(34)35/h2-9,22,30H,10-17H2,1H3,(H,26,32). The van der Waals surface area contributed by atoms with Gasteiger partial charge in [0.25, 0.3) is 11.6 Å². The minimum atomic E-state index is -1.32. The summed E-state index contributed by atoms with van der Waals surface area (Å²) in [6.45, 7) is 1.07. The van der Waals surface area contributed by atoms with Crippen molar-refractivity contribution >= 4 is 23.8 Å². The Morgan fingerprint density at radius 2 is 1.50 bits per heavy atom. The van der Waals surface area contributed by atoms with Gasteiger partial charge in [0, 0.05) is 44.9 Å². The molecule has 13 nitrogen and oxygen atoms in total. The van der Waals surface area contributed by atoms with Gasteiger partial charge >= 0.3 is 12.2 Å². The Hall–Kier alpha value is -4.39. The average Bonchev–Trinajstić information content (AvgIpc) is 2.94. The van der Waals surface area contributed by atoms with E-state index in [1.165, 1.54) is 34.1 Å². The van der Waals surface area contributed by atoms with E-state index < -0.39 is 29.1 Å². The lowest BCUT2D eigenvalue weighted by Gasteiger charge is -2.35. The topological polar surface area (TPSA) is 161 Å². The number of hydrogen-bond donors (Lipinski definition) is 2. The highest BCUT2D eigenvalue weighted by Crippen LogP contribution is 2.14. The maximum absolute atomic E-state index is 12.5. The van der Waals surface area contributed by atoms with E-state index in [-0.39, 0.29) is 58.0 Å². The number of nitrogens with one attached hydrogen (secondary N) is 1. The second-order valence-corrected chi connectivity index (χ2v) is 8.45. The molecule has 38 heavy (non-hydrogen) atoms. The van der Waals surface area contributed by atoms with Gasteiger partial charge in [-0.25, -0.2) is 9.59 Å². The summed E-state index contributed by atoms with van der Waals surface area (Å²) in [5, 5.41) is 23.3. The largest absolute Gasteiger partial charge is 0.497 e. The minimum absolute atomic E-state index is 0.00362. The Morgan fingerprint density at radius 1 is 0.947 bits per heavy atom. The van der Waals surface area contributed by atoms with E-state index in [9.17, 15) is 29.6 Å². The highest BCUT2D eigenvalue weighted by molar-refractivity contribution is 5.81. The SMILES string of the molecule is COc1ccc(COC(=O)N2CCN(C(=O)C(O)CCNC(=O)OCc3ccc([N+](=O)[O-])cc3)CC2)cc1. The monoisotopic (exact) mass is 530 g/mol. The molecular weight excluding hydrogens is 500 g/mol. The molecule has 3 amide bonds. The average molecular weight is 531 g/mol. The highest BCUT2D eigenvalue weighted by Gasteiger charge is 2.28. The molecule has 3 rings (SSSR count). The van der Waals surface area contributed by atoms with Crippen molar-refractivity contribution in [1.29, 1.82) is 0 Å². The summed E-state index contributed by atoms with van der Waals surface area (Å²) in [6.07, 6.45) is -2.57. The first-order chi connectivity index (χ1) is 18.3. The molecular formula is C25H30N4O9. The van der Waals surface area contributed by atoms with Gasteiger partial charge in [0.05, 0.1) is 12.0 Å². The zero-order valence-corrected chi connectivity index (χ0v) is 20.9. The number of aliphatic hydroxyl groups excluding tert-OH is 1. The molecule has 0 spiro atoms. The first kappa shape index (κ1) is 28.2. The van der Waals surface area contributed by atoms with Gasteiger partial charge in [-0.1, -0.05) is 12.1 Å². The molecule has 0 saturated carbocycles. The van der Waals surface area contributed by atoms with Crippen molar-refractivity contribution < 1.29 is 38.6 Å². The van der Waals surface area contributed by atoms with Crippen LogP contribution >= 0.6 is 0 Å². The molecule has 0 aliphatic carbocycles. The molecule has 1 aliphatic heterocycles. The van der Waals surface area contributed by atoms with Crippen molar-refractivity contribution in [2.24, 2.45) is 0 Å². The summed E-state index contributed by atoms with van der Waals surface area (Å²) in [7, 11) is 1.57. The molecule has 1 fully saturated rings. The molecule has 1 unspecified atom stereocenters. The van der Waals surface area contributed by atoms with Crippen molar-refractivity contribution in [3.8, 4) is 5.75 Å². The first-order valence-electron chi connectivity index (χ1n) is 11.9. The van der Waals surface area contributed by atoms with Gasteiger partial charge in [-0.2, -0.15) is 0 Å². The quantitative estimate of drug-likeness (QED) is 0.346. The molecule has 0 aromatic heterocycles. The van der Waals surface area contributed by atoms with E-state index in [2.05, 4.69) is 5.32 Å². The van der Waals surface area contributed by atoms with Crippen LogP contribution in [-0.2, 0) is 27.5 Å². The zero-order chi connectivity index (χ0) is 27.5. The van der Waals surface area contributed by atoms with E-state index in [0.717, 1.165) is 5.56 Å². The van der Waals surface area contributed by atoms with Crippen LogP contribution < -0.4 is 10.1 Å². The number of rotatable bonds is 10. The number of nitrogens with zero attached hydrogens (tertiary/aromatic N) is 3. The third-order valence-electron chi connectivity index (χ3n) is 5.86. The van der Waals surface area contributed by atoms with Crippen LogP contribution in [0.4, 0.5) is 15.3 Å². The lowest BCUT2D eigenvalue weighted by molar-refractivity contribution is -0.384. The maximum Gasteiger partial charge on any atom is 0.410 e. The number of nitro benzene ring substituents is 1. The van der Waals surface area contributed by atoms with Crippen LogP contribution in [0, 0.1) is 10.1 Å². The van der Waals surface area contributed by atoms with Crippen molar-refractivity contribution in [1.82, 2.24) is 15.1 Å². The third-order valence-corrected chi connectivity index (χ3v) is 5.86. The fourth-order valence-corrected chi connectivity index (χ4v) is 3.63. The molecule has 0 radical (unpaired) electrons. The summed E-state index contributed by atoms with van der Waals surface area (Å²) in [5.74, 6) is 0.218. The van der Waals surface area contributed by atoms with Crippen LogP contribution in [0.5, 0.6) is 5.75 Å². The molecule has 1 heterocycles. The Bertz CT molecular complexity index is 1100. The summed E-state index contributed by atoms with van der Waals surface area (Å²) >= 11 is 0. The lowest BCUT2D eigenvalue weighted by Crippen LogP contribution is -2.53. The van der Waals surface area contributed by atoms with Crippen LogP contribution in [0.25, 0.3) is 0 Å². The zero-order valence-electron chi connectivity index (χ0n) is 20.9. The van der Waals surface area contributed by atoms with E-state index in [4.69, 9.17) is 14.2 Å². The number of alkyl carbamates (subject to hydrolysis) is 1. The highest BCUT2D eigenvalue weighted by atomic mass is 16.6. The fraction of sp³-hybridized carbons (Fsp3) is 0.400. The molecule has 2 N–H and O–H groups in total. The number of methoxy groups -OCH3 is 1. The molecule has 13 heteroatoms. The van der Waals surface area contributed by atoms with Gasteiger partial charge < -0.3 is 34.4 Å². The van der Waals surface area contributed by atoms with Crippen LogP contribution in [0.15, 0.2) is 48.5 Å². The molecule has 1 aliphatic rings. The molecule has 0 bridgehead atoms. The van der Waals surface area contributed by atoms with Gasteiger partial charge in [0.2, 0.25) is 0 Å². The summed E-state index contributed by atoms with van der Waals surface area (Å²) in [5.41, 5.74) is 1.33. The summed E-state index contributed by atoms with van der Waals surface area (Å²) in [6, 6.07) is 12.7. The number of aliphatic hydroxyl groups is 1. The molecule has 1 atom stereocenters. The normalized spacial score (nSPS) is 13.8. The predicted octanol–water partition coefficient (Wildman–Crippen LogP) is 2.06. The number of carbonyl (C=O) groups excluding carboxylic acids is 3. The van der Waals surface area contributed by atoms with Crippen molar-refractivity contribution in [3.05, 3.63) is 69.8 Å². The molecule has 1 saturated heterocycles. The predicted molar refractivity (Wildman–Crippen MR) is 133 cm³/mol. The number of non-ortho nitro benzene ring substituents is 1.